The molecule has 6 rings (SSSR count). The van der Waals surface area contributed by atoms with Gasteiger partial charge in [0.05, 0.1) is 12.8 Å². The maximum atomic E-state index is 14.5. The van der Waals surface area contributed by atoms with Crippen molar-refractivity contribution in [2.24, 2.45) is 0 Å². The fourth-order valence-corrected chi connectivity index (χ4v) is 6.69. The predicted molar refractivity (Wildman–Crippen MR) is 201 cm³/mol. The number of thioether (sulfide) groups is 1. The highest BCUT2D eigenvalue weighted by Crippen LogP contribution is 2.37. The van der Waals surface area contributed by atoms with Gasteiger partial charge in [0.25, 0.3) is 11.8 Å². The Morgan fingerprint density at radius 1 is 0.804 bits per heavy atom. The molecule has 0 aliphatic heterocycles. The lowest BCUT2D eigenvalue weighted by Crippen LogP contribution is -2.30. The summed E-state index contributed by atoms with van der Waals surface area (Å²) in [5.74, 6) is -1.18. The molecular weight excluding hydrogens is 684 g/mol. The summed E-state index contributed by atoms with van der Waals surface area (Å²) in [4.78, 5) is 45.5. The molecule has 1 heterocycles. The normalized spacial score (nSPS) is 11.7. The Morgan fingerprint density at radius 2 is 1.47 bits per heavy atom. The number of carbonyl (C=O) groups is 3. The van der Waals surface area contributed by atoms with Crippen molar-refractivity contribution in [1.29, 1.82) is 0 Å². The van der Waals surface area contributed by atoms with Gasteiger partial charge in [0.2, 0.25) is 5.91 Å². The number of benzene rings is 5. The molecule has 0 saturated heterocycles. The number of rotatable bonds is 12. The van der Waals surface area contributed by atoms with Gasteiger partial charge in [-0.1, -0.05) is 66.7 Å². The van der Waals surface area contributed by atoms with Crippen LogP contribution in [0.3, 0.4) is 0 Å². The molecule has 5 aromatic carbocycles. The molecule has 8 nitrogen and oxygen atoms in total. The average molecular weight is 715 g/mol. The van der Waals surface area contributed by atoms with Gasteiger partial charge in [-0.25, -0.2) is 9.37 Å². The molecule has 0 bridgehead atoms. The maximum Gasteiger partial charge on any atom is 0.272 e. The van der Waals surface area contributed by atoms with Crippen molar-refractivity contribution in [1.82, 2.24) is 10.3 Å². The minimum atomic E-state index is -0.637. The lowest BCUT2D eigenvalue weighted by Gasteiger charge is -2.17. The molecule has 0 fully saturated rings. The van der Waals surface area contributed by atoms with Crippen LogP contribution in [0.5, 0.6) is 5.75 Å². The summed E-state index contributed by atoms with van der Waals surface area (Å²) >= 11 is 2.69. The summed E-state index contributed by atoms with van der Waals surface area (Å²) in [7, 11) is 1.61. The van der Waals surface area contributed by atoms with Crippen molar-refractivity contribution in [2.45, 2.75) is 10.1 Å². The standard InChI is InChI=1S/C40H31FN4O4S2/c1-49-31-20-16-26(17-21-31)35-25-50-40(44-35)45-39(48)36(27-10-4-2-5-11-27)51-32-22-18-30(19-23-32)42-38(47)34(24-29-14-8-9-15-33(29)41)43-37(46)28-12-6-3-7-13-28/h2-25,36H,1H3,(H,42,47)(H,43,46)(H,44,45,48)/b34-24-. The second kappa shape index (κ2) is 16.6. The number of halogens is 1. The molecular formula is C40H31FN4O4S2. The molecule has 6 aromatic rings. The molecule has 0 aliphatic carbocycles. The van der Waals surface area contributed by atoms with Gasteiger partial charge in [0, 0.05) is 32.7 Å². The van der Waals surface area contributed by atoms with Crippen LogP contribution in [0.4, 0.5) is 15.2 Å². The molecule has 3 N–H and O–H groups in total. The summed E-state index contributed by atoms with van der Waals surface area (Å²) < 4.78 is 19.8. The SMILES string of the molecule is COc1ccc(-c2csc(NC(=O)C(Sc3ccc(NC(=O)/C(=C/c4ccccc4F)NC(=O)c4ccccc4)cc3)c3ccccc3)n2)cc1. The fraction of sp³-hybridized carbons (Fsp3) is 0.0500. The molecule has 11 heteroatoms. The van der Waals surface area contributed by atoms with E-state index in [1.54, 1.807) is 73.8 Å². The highest BCUT2D eigenvalue weighted by atomic mass is 32.2. The third-order valence-electron chi connectivity index (χ3n) is 7.56. The molecule has 1 aromatic heterocycles. The van der Waals surface area contributed by atoms with Crippen molar-refractivity contribution in [3.05, 3.63) is 167 Å². The van der Waals surface area contributed by atoms with E-state index in [-0.39, 0.29) is 17.2 Å². The van der Waals surface area contributed by atoms with E-state index in [1.807, 2.05) is 60.0 Å². The van der Waals surface area contributed by atoms with Crippen LogP contribution in [-0.4, -0.2) is 29.8 Å². The molecule has 0 saturated carbocycles. The summed E-state index contributed by atoms with van der Waals surface area (Å²) in [5, 5.41) is 10.1. The number of amides is 3. The van der Waals surface area contributed by atoms with Gasteiger partial charge in [-0.05, 0) is 78.4 Å². The third kappa shape index (κ3) is 9.15. The van der Waals surface area contributed by atoms with Crippen LogP contribution in [0.1, 0.15) is 26.7 Å². The van der Waals surface area contributed by atoms with E-state index >= 15 is 0 Å². The van der Waals surface area contributed by atoms with E-state index in [2.05, 4.69) is 20.9 Å². The van der Waals surface area contributed by atoms with Crippen molar-refractivity contribution in [3.63, 3.8) is 0 Å². The Labute approximate surface area is 302 Å². The largest absolute Gasteiger partial charge is 0.497 e. The van der Waals surface area contributed by atoms with Crippen LogP contribution < -0.4 is 20.7 Å². The van der Waals surface area contributed by atoms with Crippen LogP contribution in [-0.2, 0) is 9.59 Å². The lowest BCUT2D eigenvalue weighted by atomic mass is 10.1. The second-order valence-electron chi connectivity index (χ2n) is 11.0. The van der Waals surface area contributed by atoms with Crippen LogP contribution in [0.15, 0.2) is 149 Å². The number of nitrogens with one attached hydrogen (secondary N) is 3. The van der Waals surface area contributed by atoms with Gasteiger partial charge in [0.1, 0.15) is 22.5 Å². The van der Waals surface area contributed by atoms with Gasteiger partial charge in [0.15, 0.2) is 5.13 Å². The number of ether oxygens (including phenoxy) is 1. The Morgan fingerprint density at radius 3 is 2.16 bits per heavy atom. The first-order valence-electron chi connectivity index (χ1n) is 15.7. The number of nitrogens with zero attached hydrogens (tertiary/aromatic N) is 1. The van der Waals surface area contributed by atoms with E-state index in [4.69, 9.17) is 4.74 Å². The monoisotopic (exact) mass is 714 g/mol. The summed E-state index contributed by atoms with van der Waals surface area (Å²) in [6.45, 7) is 0. The maximum absolute atomic E-state index is 14.5. The first kappa shape index (κ1) is 34.8. The molecule has 3 amide bonds. The lowest BCUT2D eigenvalue weighted by molar-refractivity contribution is -0.116. The third-order valence-corrected chi connectivity index (χ3v) is 9.58. The minimum Gasteiger partial charge on any atom is -0.497 e. The first-order valence-corrected chi connectivity index (χ1v) is 17.5. The Hall–Kier alpha value is -6.04. The number of anilines is 2. The van der Waals surface area contributed by atoms with Crippen molar-refractivity contribution in [3.8, 4) is 17.0 Å². The van der Waals surface area contributed by atoms with Crippen LogP contribution >= 0.6 is 23.1 Å². The number of hydrogen-bond donors (Lipinski definition) is 3. The number of carbonyl (C=O) groups excluding carboxylic acids is 3. The fourth-order valence-electron chi connectivity index (χ4n) is 4.94. The molecule has 0 radical (unpaired) electrons. The molecule has 1 atom stereocenters. The zero-order chi connectivity index (χ0) is 35.6. The first-order chi connectivity index (χ1) is 24.9. The second-order valence-corrected chi connectivity index (χ2v) is 13.1. The number of methoxy groups -OCH3 is 1. The molecule has 51 heavy (non-hydrogen) atoms. The summed E-state index contributed by atoms with van der Waals surface area (Å²) in [6, 6.07) is 38.3. The van der Waals surface area contributed by atoms with Crippen molar-refractivity contribution >= 4 is 57.7 Å². The van der Waals surface area contributed by atoms with Crippen molar-refractivity contribution < 1.29 is 23.5 Å². The van der Waals surface area contributed by atoms with Gasteiger partial charge in [-0.3, -0.25) is 14.4 Å². The van der Waals surface area contributed by atoms with Gasteiger partial charge < -0.3 is 20.7 Å². The minimum absolute atomic E-state index is 0.134. The molecule has 0 spiro atoms. The smallest absolute Gasteiger partial charge is 0.272 e. The average Bonchev–Trinajstić information content (AvgIpc) is 3.64. The van der Waals surface area contributed by atoms with Gasteiger partial charge >= 0.3 is 0 Å². The van der Waals surface area contributed by atoms with Gasteiger partial charge in [-0.15, -0.1) is 23.1 Å². The quantitative estimate of drug-likeness (QED) is 0.0864. The summed E-state index contributed by atoms with van der Waals surface area (Å²) in [5.41, 5.74) is 3.24. The molecule has 1 unspecified atom stereocenters. The highest BCUT2D eigenvalue weighted by molar-refractivity contribution is 8.00. The molecule has 0 aliphatic rings. The van der Waals surface area contributed by atoms with E-state index in [1.165, 1.54) is 41.3 Å². The number of hydrogen-bond acceptors (Lipinski definition) is 7. The van der Waals surface area contributed by atoms with Gasteiger partial charge in [-0.2, -0.15) is 0 Å². The van der Waals surface area contributed by atoms with E-state index < -0.39 is 22.9 Å². The van der Waals surface area contributed by atoms with Crippen molar-refractivity contribution in [2.75, 3.05) is 17.7 Å². The number of thiazole rings is 1. The highest BCUT2D eigenvalue weighted by Gasteiger charge is 2.24. The Bertz CT molecular complexity index is 2160. The summed E-state index contributed by atoms with van der Waals surface area (Å²) in [6.07, 6.45) is 1.29. The zero-order valence-corrected chi connectivity index (χ0v) is 28.8. The van der Waals surface area contributed by atoms with E-state index in [9.17, 15) is 18.8 Å². The molecule has 254 valence electrons. The topological polar surface area (TPSA) is 109 Å². The van der Waals surface area contributed by atoms with Crippen LogP contribution in [0.25, 0.3) is 17.3 Å². The van der Waals surface area contributed by atoms with E-state index in [0.29, 0.717) is 16.4 Å². The van der Waals surface area contributed by atoms with E-state index in [0.717, 1.165) is 27.5 Å². The Balaban J connectivity index is 1.16. The van der Waals surface area contributed by atoms with Crippen LogP contribution in [0, 0.1) is 5.82 Å². The zero-order valence-electron chi connectivity index (χ0n) is 27.2. The Kier molecular flexibility index (Phi) is 11.3. The predicted octanol–water partition coefficient (Wildman–Crippen LogP) is 8.84. The van der Waals surface area contributed by atoms with Crippen LogP contribution in [0.2, 0.25) is 0 Å². The number of aromatic nitrogens is 1.